The van der Waals surface area contributed by atoms with Crippen molar-refractivity contribution in [3.63, 3.8) is 0 Å². The molecule has 1 saturated carbocycles. The van der Waals surface area contributed by atoms with E-state index in [9.17, 15) is 4.79 Å². The molecule has 0 aromatic rings. The summed E-state index contributed by atoms with van der Waals surface area (Å²) in [7, 11) is 0. The topological polar surface area (TPSA) is 29.5 Å². The summed E-state index contributed by atoms with van der Waals surface area (Å²) in [5, 5.41) is 0. The Morgan fingerprint density at radius 3 is 2.81 bits per heavy atom. The lowest BCUT2D eigenvalue weighted by molar-refractivity contribution is -0.140. The van der Waals surface area contributed by atoms with Gasteiger partial charge >= 0.3 is 0 Å². The van der Waals surface area contributed by atoms with Gasteiger partial charge in [0.25, 0.3) is 0 Å². The zero-order chi connectivity index (χ0) is 11.4. The van der Waals surface area contributed by atoms with Crippen molar-refractivity contribution in [2.45, 2.75) is 45.1 Å². The Balaban J connectivity index is 1.85. The minimum Gasteiger partial charge on any atom is -0.368 e. The molecular weight excluding hydrogens is 202 g/mol. The summed E-state index contributed by atoms with van der Waals surface area (Å²) >= 11 is 0. The van der Waals surface area contributed by atoms with Gasteiger partial charge < -0.3 is 4.74 Å². The number of hydrogen-bond acceptors (Lipinski definition) is 3. The Labute approximate surface area is 98.1 Å². The number of carbonyl (C=O) groups is 1. The molecule has 0 aromatic carbocycles. The molecule has 1 saturated heterocycles. The van der Waals surface area contributed by atoms with Crippen LogP contribution in [0.15, 0.2) is 0 Å². The Morgan fingerprint density at radius 2 is 2.12 bits per heavy atom. The van der Waals surface area contributed by atoms with E-state index >= 15 is 0 Å². The van der Waals surface area contributed by atoms with E-state index in [1.807, 2.05) is 0 Å². The molecule has 16 heavy (non-hydrogen) atoms. The van der Waals surface area contributed by atoms with Crippen LogP contribution in [0.3, 0.4) is 0 Å². The zero-order valence-corrected chi connectivity index (χ0v) is 10.3. The fraction of sp³-hybridized carbons (Fsp3) is 0.923. The van der Waals surface area contributed by atoms with Gasteiger partial charge in [0.2, 0.25) is 0 Å². The van der Waals surface area contributed by atoms with Crippen molar-refractivity contribution < 1.29 is 9.53 Å². The second-order valence-corrected chi connectivity index (χ2v) is 5.04. The number of hydrogen-bond donors (Lipinski definition) is 0. The van der Waals surface area contributed by atoms with Crippen LogP contribution in [0.2, 0.25) is 0 Å². The molecule has 1 unspecified atom stereocenters. The molecule has 1 heterocycles. The third kappa shape index (κ3) is 2.83. The average Bonchev–Trinajstić information content (AvgIpc) is 2.82. The highest BCUT2D eigenvalue weighted by Crippen LogP contribution is 2.27. The summed E-state index contributed by atoms with van der Waals surface area (Å²) in [6.07, 6.45) is 5.65. The number of morpholine rings is 1. The second kappa shape index (κ2) is 5.78. The lowest BCUT2D eigenvalue weighted by atomic mass is 9.97. The van der Waals surface area contributed by atoms with Crippen molar-refractivity contribution in [1.82, 2.24) is 4.90 Å². The Hall–Kier alpha value is -0.410. The number of rotatable bonds is 4. The van der Waals surface area contributed by atoms with Crippen LogP contribution < -0.4 is 0 Å². The molecule has 0 N–H and O–H groups in total. The van der Waals surface area contributed by atoms with E-state index in [0.717, 1.165) is 45.5 Å². The van der Waals surface area contributed by atoms with Crippen molar-refractivity contribution in [2.24, 2.45) is 5.92 Å². The number of nitrogens with zero attached hydrogens (tertiary/aromatic N) is 1. The fourth-order valence-corrected chi connectivity index (χ4v) is 2.87. The van der Waals surface area contributed by atoms with E-state index in [4.69, 9.17) is 4.74 Å². The van der Waals surface area contributed by atoms with Gasteiger partial charge in [-0.25, -0.2) is 0 Å². The van der Waals surface area contributed by atoms with Crippen LogP contribution in [0.5, 0.6) is 0 Å². The SMILES string of the molecule is CCCN1CCOC(C(=O)C2CCCC2)C1. The minimum atomic E-state index is -0.136. The van der Waals surface area contributed by atoms with Crippen LogP contribution in [0.25, 0.3) is 0 Å². The third-order valence-electron chi connectivity index (χ3n) is 3.77. The zero-order valence-electron chi connectivity index (χ0n) is 10.3. The van der Waals surface area contributed by atoms with E-state index in [-0.39, 0.29) is 6.10 Å². The maximum Gasteiger partial charge on any atom is 0.165 e. The highest BCUT2D eigenvalue weighted by atomic mass is 16.5. The number of carbonyl (C=O) groups excluding carboxylic acids is 1. The molecule has 1 atom stereocenters. The lowest BCUT2D eigenvalue weighted by Gasteiger charge is -2.32. The first-order chi connectivity index (χ1) is 7.81. The largest absolute Gasteiger partial charge is 0.368 e. The fourth-order valence-electron chi connectivity index (χ4n) is 2.87. The molecule has 2 aliphatic rings. The van der Waals surface area contributed by atoms with Crippen molar-refractivity contribution in [3.05, 3.63) is 0 Å². The highest BCUT2D eigenvalue weighted by molar-refractivity contribution is 5.86. The van der Waals surface area contributed by atoms with Crippen molar-refractivity contribution in [2.75, 3.05) is 26.2 Å². The molecule has 2 rings (SSSR count). The molecule has 0 amide bonds. The van der Waals surface area contributed by atoms with E-state index in [2.05, 4.69) is 11.8 Å². The Kier molecular flexibility index (Phi) is 4.36. The maximum absolute atomic E-state index is 12.2. The first-order valence-corrected chi connectivity index (χ1v) is 6.69. The molecule has 92 valence electrons. The normalized spacial score (nSPS) is 28.4. The van der Waals surface area contributed by atoms with Crippen molar-refractivity contribution in [1.29, 1.82) is 0 Å². The molecule has 0 aromatic heterocycles. The van der Waals surface area contributed by atoms with Crippen LogP contribution in [-0.2, 0) is 9.53 Å². The highest BCUT2D eigenvalue weighted by Gasteiger charge is 2.32. The number of ether oxygens (including phenoxy) is 1. The van der Waals surface area contributed by atoms with Gasteiger partial charge in [0.05, 0.1) is 6.61 Å². The second-order valence-electron chi connectivity index (χ2n) is 5.04. The van der Waals surface area contributed by atoms with Gasteiger partial charge in [0.15, 0.2) is 5.78 Å². The lowest BCUT2D eigenvalue weighted by Crippen LogP contribution is -2.47. The molecule has 0 bridgehead atoms. The quantitative estimate of drug-likeness (QED) is 0.731. The first-order valence-electron chi connectivity index (χ1n) is 6.69. The van der Waals surface area contributed by atoms with Gasteiger partial charge in [0.1, 0.15) is 6.10 Å². The number of ketones is 1. The van der Waals surface area contributed by atoms with Crippen LogP contribution >= 0.6 is 0 Å². The predicted molar refractivity (Wildman–Crippen MR) is 63.4 cm³/mol. The monoisotopic (exact) mass is 225 g/mol. The van der Waals surface area contributed by atoms with Gasteiger partial charge in [-0.05, 0) is 25.8 Å². The molecule has 3 nitrogen and oxygen atoms in total. The van der Waals surface area contributed by atoms with Crippen LogP contribution in [0.4, 0.5) is 0 Å². The van der Waals surface area contributed by atoms with Gasteiger partial charge in [-0.1, -0.05) is 19.8 Å². The summed E-state index contributed by atoms with van der Waals surface area (Å²) < 4.78 is 5.64. The van der Waals surface area contributed by atoms with Crippen molar-refractivity contribution in [3.8, 4) is 0 Å². The molecule has 1 aliphatic heterocycles. The molecular formula is C13H23NO2. The van der Waals surface area contributed by atoms with Gasteiger partial charge in [-0.3, -0.25) is 9.69 Å². The number of Topliss-reactive ketones (excluding diaryl/α,β-unsaturated/α-hetero) is 1. The van der Waals surface area contributed by atoms with E-state index in [0.29, 0.717) is 11.7 Å². The van der Waals surface area contributed by atoms with Crippen LogP contribution in [0.1, 0.15) is 39.0 Å². The predicted octanol–water partition coefficient (Wildman–Crippen LogP) is 1.86. The third-order valence-corrected chi connectivity index (χ3v) is 3.77. The smallest absolute Gasteiger partial charge is 0.165 e. The van der Waals surface area contributed by atoms with E-state index in [1.54, 1.807) is 0 Å². The van der Waals surface area contributed by atoms with Crippen molar-refractivity contribution >= 4 is 5.78 Å². The Morgan fingerprint density at radius 1 is 1.38 bits per heavy atom. The van der Waals surface area contributed by atoms with Crippen LogP contribution in [-0.4, -0.2) is 43.0 Å². The molecule has 0 radical (unpaired) electrons. The van der Waals surface area contributed by atoms with Gasteiger partial charge in [-0.15, -0.1) is 0 Å². The van der Waals surface area contributed by atoms with Gasteiger partial charge in [-0.2, -0.15) is 0 Å². The van der Waals surface area contributed by atoms with Gasteiger partial charge in [0, 0.05) is 19.0 Å². The summed E-state index contributed by atoms with van der Waals surface area (Å²) in [5.41, 5.74) is 0. The summed E-state index contributed by atoms with van der Waals surface area (Å²) in [4.78, 5) is 14.6. The van der Waals surface area contributed by atoms with Crippen LogP contribution in [0, 0.1) is 5.92 Å². The molecule has 0 spiro atoms. The van der Waals surface area contributed by atoms with E-state index in [1.165, 1.54) is 12.8 Å². The molecule has 3 heteroatoms. The molecule has 2 fully saturated rings. The summed E-state index contributed by atoms with van der Waals surface area (Å²) in [6, 6.07) is 0. The standard InChI is InChI=1S/C13H23NO2/c1-2-7-14-8-9-16-12(10-14)13(15)11-5-3-4-6-11/h11-12H,2-10H2,1H3. The summed E-state index contributed by atoms with van der Waals surface area (Å²) in [6.45, 7) is 5.82. The summed E-state index contributed by atoms with van der Waals surface area (Å²) in [5.74, 6) is 0.671. The minimum absolute atomic E-state index is 0.136. The van der Waals surface area contributed by atoms with E-state index < -0.39 is 0 Å². The maximum atomic E-state index is 12.2. The Bertz CT molecular complexity index is 234. The first kappa shape index (κ1) is 12.1. The average molecular weight is 225 g/mol. The molecule has 1 aliphatic carbocycles.